The Morgan fingerprint density at radius 3 is 3.00 bits per heavy atom. The second-order valence-corrected chi connectivity index (χ2v) is 3.93. The smallest absolute Gasteiger partial charge is 0.202 e. The van der Waals surface area contributed by atoms with Gasteiger partial charge in [0.25, 0.3) is 0 Å². The summed E-state index contributed by atoms with van der Waals surface area (Å²) >= 11 is 1.59. The first-order valence-electron chi connectivity index (χ1n) is 4.52. The third-order valence-electron chi connectivity index (χ3n) is 1.61. The van der Waals surface area contributed by atoms with Crippen LogP contribution < -0.4 is 11.1 Å². The summed E-state index contributed by atoms with van der Waals surface area (Å²) in [5.41, 5.74) is 5.53. The van der Waals surface area contributed by atoms with Crippen LogP contribution in [0.25, 0.3) is 0 Å². The molecule has 0 aliphatic rings. The van der Waals surface area contributed by atoms with E-state index in [-0.39, 0.29) is 18.1 Å². The van der Waals surface area contributed by atoms with Crippen LogP contribution in [-0.4, -0.2) is 51.1 Å². The van der Waals surface area contributed by atoms with Gasteiger partial charge < -0.3 is 21.4 Å². The van der Waals surface area contributed by atoms with Gasteiger partial charge in [0.15, 0.2) is 11.5 Å². The number of anilines is 1. The number of nitrogens with one attached hydrogen (secondary N) is 1. The Hall–Kier alpha value is -1.48. The second-order valence-electron chi connectivity index (χ2n) is 2.71. The summed E-state index contributed by atoms with van der Waals surface area (Å²) in [7, 11) is 0. The van der Waals surface area contributed by atoms with Crippen LogP contribution in [0, 0.1) is 0 Å². The third kappa shape index (κ3) is 3.59. The van der Waals surface area contributed by atoms with Gasteiger partial charge in [-0.25, -0.2) is 4.63 Å². The number of nitrogens with zero attached hydrogens (tertiary/aromatic N) is 3. The van der Waals surface area contributed by atoms with Crippen molar-refractivity contribution >= 4 is 23.4 Å². The number of amidine groups is 1. The summed E-state index contributed by atoms with van der Waals surface area (Å²) in [4.78, 5) is 0. The molecular formula is C7H13N5O3S. The van der Waals surface area contributed by atoms with Crippen LogP contribution in [0.15, 0.2) is 9.78 Å². The fourth-order valence-electron chi connectivity index (χ4n) is 0.928. The molecule has 0 spiro atoms. The Bertz CT molecular complexity index is 343. The molecule has 1 heterocycles. The van der Waals surface area contributed by atoms with E-state index in [1.54, 1.807) is 11.8 Å². The van der Waals surface area contributed by atoms with Crippen molar-refractivity contribution in [2.75, 3.05) is 30.0 Å². The fraction of sp³-hybridized carbons (Fsp3) is 0.571. The Labute approximate surface area is 95.8 Å². The first kappa shape index (κ1) is 12.6. The van der Waals surface area contributed by atoms with Crippen molar-refractivity contribution in [2.24, 2.45) is 10.9 Å². The molecule has 0 amide bonds. The molecule has 90 valence electrons. The van der Waals surface area contributed by atoms with Crippen LogP contribution in [0.4, 0.5) is 5.82 Å². The first-order valence-corrected chi connectivity index (χ1v) is 5.68. The monoisotopic (exact) mass is 247 g/mol. The average Bonchev–Trinajstić information content (AvgIpc) is 2.76. The molecule has 16 heavy (non-hydrogen) atoms. The zero-order valence-corrected chi connectivity index (χ0v) is 9.27. The van der Waals surface area contributed by atoms with E-state index in [9.17, 15) is 0 Å². The number of rotatable bonds is 7. The minimum atomic E-state index is -0.160. The van der Waals surface area contributed by atoms with Gasteiger partial charge in [0.1, 0.15) is 0 Å². The van der Waals surface area contributed by atoms with Gasteiger partial charge in [-0.1, -0.05) is 5.16 Å². The molecule has 0 aliphatic carbocycles. The van der Waals surface area contributed by atoms with Gasteiger partial charge in [-0.3, -0.25) is 0 Å². The van der Waals surface area contributed by atoms with Crippen LogP contribution >= 0.6 is 11.8 Å². The number of nitrogens with two attached hydrogens (primary N) is 1. The standard InChI is InChI=1S/C7H13N5O3S/c8-6(10-14)5-7(12-15-11-5)9-1-3-16-4-2-13/h13-14H,1-4H2,(H2,8,10)(H,9,12). The number of hydrogen-bond donors (Lipinski definition) is 4. The molecule has 0 saturated heterocycles. The molecule has 9 heteroatoms. The van der Waals surface area contributed by atoms with Crippen molar-refractivity contribution in [3.8, 4) is 0 Å². The van der Waals surface area contributed by atoms with Crippen LogP contribution in [-0.2, 0) is 0 Å². The molecule has 1 aromatic rings. The fourth-order valence-corrected chi connectivity index (χ4v) is 1.51. The van der Waals surface area contributed by atoms with E-state index < -0.39 is 0 Å². The van der Waals surface area contributed by atoms with E-state index >= 15 is 0 Å². The minimum absolute atomic E-state index is 0.158. The maximum atomic E-state index is 8.56. The maximum Gasteiger partial charge on any atom is 0.202 e. The lowest BCUT2D eigenvalue weighted by molar-refractivity contribution is 0.304. The van der Waals surface area contributed by atoms with Gasteiger partial charge in [-0.2, -0.15) is 11.8 Å². The quantitative estimate of drug-likeness (QED) is 0.164. The highest BCUT2D eigenvalue weighted by Crippen LogP contribution is 2.09. The summed E-state index contributed by atoms with van der Waals surface area (Å²) in [5.74, 6) is 1.65. The number of aromatic nitrogens is 2. The second kappa shape index (κ2) is 6.90. The largest absolute Gasteiger partial charge is 0.409 e. The molecule has 0 atom stereocenters. The predicted molar refractivity (Wildman–Crippen MR) is 59.7 cm³/mol. The summed E-state index contributed by atoms with van der Waals surface area (Å²) in [6.07, 6.45) is 0. The number of aliphatic hydroxyl groups excluding tert-OH is 1. The van der Waals surface area contributed by atoms with Gasteiger partial charge in [0.2, 0.25) is 5.82 Å². The topological polar surface area (TPSA) is 130 Å². The van der Waals surface area contributed by atoms with Crippen molar-refractivity contribution in [1.29, 1.82) is 0 Å². The Balaban J connectivity index is 2.39. The molecule has 0 fully saturated rings. The highest BCUT2D eigenvalue weighted by atomic mass is 32.2. The van der Waals surface area contributed by atoms with Gasteiger partial charge in [-0.15, -0.1) is 0 Å². The van der Waals surface area contributed by atoms with E-state index in [1.165, 1.54) is 0 Å². The molecule has 0 unspecified atom stereocenters. The van der Waals surface area contributed by atoms with Gasteiger partial charge in [0, 0.05) is 18.1 Å². The summed E-state index contributed by atoms with van der Waals surface area (Å²) in [6.45, 7) is 0.774. The SMILES string of the molecule is N/C(=N\O)c1nonc1NCCSCCO. The van der Waals surface area contributed by atoms with Gasteiger partial charge in [-0.05, 0) is 10.3 Å². The number of hydrogen-bond acceptors (Lipinski definition) is 8. The lowest BCUT2D eigenvalue weighted by Gasteiger charge is -2.02. The molecule has 8 nitrogen and oxygen atoms in total. The van der Waals surface area contributed by atoms with Crippen LogP contribution in [0.3, 0.4) is 0 Å². The number of aliphatic hydroxyl groups is 1. The predicted octanol–water partition coefficient (Wildman–Crippen LogP) is -0.699. The molecule has 0 bridgehead atoms. The zero-order chi connectivity index (χ0) is 11.8. The Morgan fingerprint density at radius 1 is 1.50 bits per heavy atom. The van der Waals surface area contributed by atoms with E-state index in [0.717, 1.165) is 5.75 Å². The van der Waals surface area contributed by atoms with Crippen molar-refractivity contribution in [3.05, 3.63) is 5.69 Å². The van der Waals surface area contributed by atoms with Crippen molar-refractivity contribution in [1.82, 2.24) is 10.3 Å². The average molecular weight is 247 g/mol. The third-order valence-corrected chi connectivity index (χ3v) is 2.58. The van der Waals surface area contributed by atoms with E-state index in [4.69, 9.17) is 16.0 Å². The molecule has 5 N–H and O–H groups in total. The lowest BCUT2D eigenvalue weighted by atomic mass is 10.4. The number of oxime groups is 1. The van der Waals surface area contributed by atoms with Crippen LogP contribution in [0.1, 0.15) is 5.69 Å². The van der Waals surface area contributed by atoms with Crippen molar-refractivity contribution in [2.45, 2.75) is 0 Å². The van der Waals surface area contributed by atoms with E-state index in [1.807, 2.05) is 0 Å². The van der Waals surface area contributed by atoms with Crippen molar-refractivity contribution < 1.29 is 14.9 Å². The molecule has 1 rings (SSSR count). The van der Waals surface area contributed by atoms with Gasteiger partial charge in [0.05, 0.1) is 6.61 Å². The maximum absolute atomic E-state index is 8.56. The van der Waals surface area contributed by atoms with Crippen LogP contribution in [0.2, 0.25) is 0 Å². The summed E-state index contributed by atoms with van der Waals surface area (Å²) < 4.78 is 4.47. The first-order chi connectivity index (χ1) is 7.79. The highest BCUT2D eigenvalue weighted by Gasteiger charge is 2.13. The molecule has 0 aromatic carbocycles. The van der Waals surface area contributed by atoms with E-state index in [2.05, 4.69) is 25.4 Å². The van der Waals surface area contributed by atoms with Crippen molar-refractivity contribution in [3.63, 3.8) is 0 Å². The molecular weight excluding hydrogens is 234 g/mol. The summed E-state index contributed by atoms with van der Waals surface area (Å²) in [5, 5.41) is 29.8. The number of thioether (sulfide) groups is 1. The highest BCUT2D eigenvalue weighted by molar-refractivity contribution is 7.99. The summed E-state index contributed by atoms with van der Waals surface area (Å²) in [6, 6.07) is 0. The Kier molecular flexibility index (Phi) is 5.43. The normalized spacial score (nSPS) is 11.7. The lowest BCUT2D eigenvalue weighted by Crippen LogP contribution is -2.17. The minimum Gasteiger partial charge on any atom is -0.409 e. The Morgan fingerprint density at radius 2 is 2.31 bits per heavy atom. The van der Waals surface area contributed by atoms with Crippen LogP contribution in [0.5, 0.6) is 0 Å². The molecule has 0 saturated carbocycles. The van der Waals surface area contributed by atoms with E-state index in [0.29, 0.717) is 18.1 Å². The molecule has 0 radical (unpaired) electrons. The molecule has 0 aliphatic heterocycles. The zero-order valence-electron chi connectivity index (χ0n) is 8.46. The molecule has 1 aromatic heterocycles. The van der Waals surface area contributed by atoms with Gasteiger partial charge >= 0.3 is 0 Å².